The predicted molar refractivity (Wildman–Crippen MR) is 123 cm³/mol. The summed E-state index contributed by atoms with van der Waals surface area (Å²) in [4.78, 5) is 21.5. The molecule has 1 fully saturated rings. The molecule has 0 radical (unpaired) electrons. The Morgan fingerprint density at radius 3 is 2.49 bits per heavy atom. The van der Waals surface area contributed by atoms with Crippen molar-refractivity contribution in [3.05, 3.63) is 45.2 Å². The van der Waals surface area contributed by atoms with Crippen LogP contribution in [0.2, 0.25) is 0 Å². The van der Waals surface area contributed by atoms with Crippen LogP contribution in [0, 0.1) is 0 Å². The number of fused-ring (bicyclic) bond motifs is 1. The lowest BCUT2D eigenvalue weighted by atomic mass is 9.87. The summed E-state index contributed by atoms with van der Waals surface area (Å²) in [5, 5.41) is 19.2. The van der Waals surface area contributed by atoms with E-state index in [9.17, 15) is 26.7 Å². The Bertz CT molecular complexity index is 1220. The van der Waals surface area contributed by atoms with Gasteiger partial charge in [0.15, 0.2) is 0 Å². The number of aromatic nitrogens is 2. The zero-order chi connectivity index (χ0) is 26.0. The molecule has 3 aromatic heterocycles. The highest BCUT2D eigenvalue weighted by molar-refractivity contribution is 9.11. The van der Waals surface area contributed by atoms with Gasteiger partial charge in [0.2, 0.25) is 0 Å². The van der Waals surface area contributed by atoms with Crippen LogP contribution in [-0.4, -0.2) is 50.8 Å². The van der Waals surface area contributed by atoms with Gasteiger partial charge in [0.25, 0.3) is 11.8 Å². The van der Waals surface area contributed by atoms with Crippen LogP contribution < -0.4 is 16.4 Å². The summed E-state index contributed by atoms with van der Waals surface area (Å²) >= 11 is 4.85. The number of thiophene rings is 1. The average molecular weight is 584 g/mol. The molecule has 0 aliphatic heterocycles. The van der Waals surface area contributed by atoms with Crippen molar-refractivity contribution < 1.29 is 36.6 Å². The van der Waals surface area contributed by atoms with Gasteiger partial charge in [0, 0.05) is 12.5 Å². The van der Waals surface area contributed by atoms with Crippen molar-refractivity contribution in [3.63, 3.8) is 0 Å². The van der Waals surface area contributed by atoms with E-state index < -0.39 is 30.2 Å². The van der Waals surface area contributed by atoms with E-state index in [2.05, 4.69) is 31.7 Å². The molecule has 0 bridgehead atoms. The summed E-state index contributed by atoms with van der Waals surface area (Å²) in [6.45, 7) is 0. The molecule has 3 aromatic rings. The smallest absolute Gasteiger partial charge is 0.475 e. The first kappa shape index (κ1) is 26.8. The molecule has 1 aliphatic rings. The number of halogens is 6. The van der Waals surface area contributed by atoms with Gasteiger partial charge in [-0.15, -0.1) is 16.4 Å². The third kappa shape index (κ3) is 6.46. The second-order valence-electron chi connectivity index (χ2n) is 7.57. The normalized spacial score (nSPS) is 19.5. The van der Waals surface area contributed by atoms with E-state index >= 15 is 0 Å². The van der Waals surface area contributed by atoms with Crippen LogP contribution >= 0.6 is 27.3 Å². The monoisotopic (exact) mass is 583 g/mol. The number of alkyl halides is 5. The van der Waals surface area contributed by atoms with Gasteiger partial charge in [-0.1, -0.05) is 0 Å². The number of amides is 1. The lowest BCUT2D eigenvalue weighted by Gasteiger charge is -2.36. The van der Waals surface area contributed by atoms with Gasteiger partial charge in [-0.25, -0.2) is 18.1 Å². The quantitative estimate of drug-likeness (QED) is 0.322. The van der Waals surface area contributed by atoms with Crippen molar-refractivity contribution in [1.29, 1.82) is 0 Å². The highest BCUT2D eigenvalue weighted by atomic mass is 79.9. The van der Waals surface area contributed by atoms with Crippen LogP contribution in [0.3, 0.4) is 0 Å². The minimum absolute atomic E-state index is 0.196. The molecule has 0 unspecified atom stereocenters. The van der Waals surface area contributed by atoms with Crippen LogP contribution in [-0.2, 0) is 4.79 Å². The van der Waals surface area contributed by atoms with Gasteiger partial charge in [0.1, 0.15) is 11.5 Å². The Morgan fingerprint density at radius 1 is 1.23 bits per heavy atom. The van der Waals surface area contributed by atoms with Crippen LogP contribution in [0.5, 0.6) is 0 Å². The fourth-order valence-electron chi connectivity index (χ4n) is 3.35. The fraction of sp³-hybridized carbons (Fsp3) is 0.350. The molecule has 5 N–H and O–H groups in total. The van der Waals surface area contributed by atoms with Crippen molar-refractivity contribution in [2.75, 3.05) is 10.6 Å². The first-order valence-corrected chi connectivity index (χ1v) is 11.7. The van der Waals surface area contributed by atoms with Crippen molar-refractivity contribution in [2.24, 2.45) is 5.73 Å². The molecule has 15 heteroatoms. The zero-order valence-corrected chi connectivity index (χ0v) is 20.1. The maximum Gasteiger partial charge on any atom is 0.490 e. The second-order valence-corrected chi connectivity index (χ2v) is 9.80. The third-order valence-corrected chi connectivity index (χ3v) is 6.81. The molecule has 0 saturated heterocycles. The topological polar surface area (TPSA) is 122 Å². The van der Waals surface area contributed by atoms with Gasteiger partial charge < -0.3 is 21.5 Å². The molecule has 1 aliphatic carbocycles. The number of carbonyl (C=O) groups excluding carboxylic acids is 1. The van der Waals surface area contributed by atoms with Gasteiger partial charge in [-0.05, 0) is 64.5 Å². The fourth-order valence-corrected chi connectivity index (χ4v) is 4.48. The number of hydrogen-bond acceptors (Lipinski definition) is 6. The number of carbonyl (C=O) groups is 2. The maximum atomic E-state index is 13.9. The van der Waals surface area contributed by atoms with E-state index in [1.807, 2.05) is 5.38 Å². The highest BCUT2D eigenvalue weighted by Crippen LogP contribution is 2.33. The van der Waals surface area contributed by atoms with E-state index in [1.54, 1.807) is 30.3 Å². The standard InChI is InChI=1S/C18H18BrF2N5OS.C2HF3O2/c19-16-12(7-9-28-16)24-17(27)13-5-3-10-4-6-14(25-26(10)13)23-11-2-1-8-18(20,21)15(11)22;3-2(4,5)1(6)7/h3-7,9,11,15H,1-2,8,22H2,(H,23,25)(H,24,27);(H,6,7)/t11-,15-;/m1./s1. The van der Waals surface area contributed by atoms with Crippen LogP contribution in [0.4, 0.5) is 33.5 Å². The molecule has 1 amide bonds. The Hall–Kier alpha value is -2.78. The second kappa shape index (κ2) is 10.5. The van der Waals surface area contributed by atoms with Gasteiger partial charge >= 0.3 is 12.1 Å². The van der Waals surface area contributed by atoms with Gasteiger partial charge in [-0.3, -0.25) is 4.79 Å². The third-order valence-electron chi connectivity index (χ3n) is 5.13. The molecule has 0 aromatic carbocycles. The lowest BCUT2D eigenvalue weighted by Crippen LogP contribution is -2.55. The Balaban J connectivity index is 0.000000429. The van der Waals surface area contributed by atoms with E-state index in [0.29, 0.717) is 30.0 Å². The number of aliphatic carboxylic acids is 1. The summed E-state index contributed by atoms with van der Waals surface area (Å²) in [7, 11) is 0. The SMILES string of the molecule is N[C@@H]1[C@H](Nc2ccc3ccc(C(=O)Nc4ccsc4Br)n3n2)CCCC1(F)F.O=C(O)C(F)(F)F. The molecule has 8 nitrogen and oxygen atoms in total. The number of nitrogens with two attached hydrogens (primary N) is 1. The summed E-state index contributed by atoms with van der Waals surface area (Å²) in [5.41, 5.74) is 7.49. The number of carboxylic acid groups (broad SMARTS) is 1. The molecule has 35 heavy (non-hydrogen) atoms. The molecule has 4 rings (SSSR count). The summed E-state index contributed by atoms with van der Waals surface area (Å²) in [5.74, 6) is -5.57. The van der Waals surface area contributed by atoms with E-state index in [-0.39, 0.29) is 12.3 Å². The maximum absolute atomic E-state index is 13.9. The summed E-state index contributed by atoms with van der Waals surface area (Å²) in [6.07, 6.45) is -4.34. The number of rotatable bonds is 4. The largest absolute Gasteiger partial charge is 0.490 e. The predicted octanol–water partition coefficient (Wildman–Crippen LogP) is 4.97. The Morgan fingerprint density at radius 2 is 1.89 bits per heavy atom. The first-order chi connectivity index (χ1) is 16.3. The molecule has 190 valence electrons. The van der Waals surface area contributed by atoms with Crippen LogP contribution in [0.15, 0.2) is 39.5 Å². The minimum Gasteiger partial charge on any atom is -0.475 e. The Labute approximate surface area is 207 Å². The van der Waals surface area contributed by atoms with Gasteiger partial charge in [0.05, 0.1) is 21.0 Å². The average Bonchev–Trinajstić information content (AvgIpc) is 3.37. The minimum atomic E-state index is -5.08. The molecule has 2 atom stereocenters. The number of carboxylic acids is 1. The summed E-state index contributed by atoms with van der Waals surface area (Å²) in [6, 6.07) is 6.86. The van der Waals surface area contributed by atoms with E-state index in [1.165, 1.54) is 15.9 Å². The number of hydrogen-bond donors (Lipinski definition) is 4. The molecule has 3 heterocycles. The molecule has 0 spiro atoms. The number of nitrogens with one attached hydrogen (secondary N) is 2. The number of anilines is 2. The van der Waals surface area contributed by atoms with E-state index in [0.717, 1.165) is 9.30 Å². The van der Waals surface area contributed by atoms with E-state index in [4.69, 9.17) is 15.6 Å². The van der Waals surface area contributed by atoms with Crippen molar-refractivity contribution in [2.45, 2.75) is 43.4 Å². The van der Waals surface area contributed by atoms with Crippen LogP contribution in [0.1, 0.15) is 29.8 Å². The molecular weight excluding hydrogens is 565 g/mol. The lowest BCUT2D eigenvalue weighted by molar-refractivity contribution is -0.192. The number of nitrogens with zero attached hydrogens (tertiary/aromatic N) is 2. The van der Waals surface area contributed by atoms with Crippen molar-refractivity contribution in [3.8, 4) is 0 Å². The Kier molecular flexibility index (Phi) is 8.01. The highest BCUT2D eigenvalue weighted by Gasteiger charge is 2.44. The molecular formula is C20H19BrF5N5O3S. The van der Waals surface area contributed by atoms with Crippen LogP contribution in [0.25, 0.3) is 5.52 Å². The first-order valence-electron chi connectivity index (χ1n) is 10.0. The van der Waals surface area contributed by atoms with Crippen molar-refractivity contribution >= 4 is 56.2 Å². The zero-order valence-electron chi connectivity index (χ0n) is 17.7. The summed E-state index contributed by atoms with van der Waals surface area (Å²) < 4.78 is 61.8. The van der Waals surface area contributed by atoms with Crippen molar-refractivity contribution in [1.82, 2.24) is 9.61 Å². The molecule has 1 saturated carbocycles. The van der Waals surface area contributed by atoms with Gasteiger partial charge in [-0.2, -0.15) is 13.2 Å².